The lowest BCUT2D eigenvalue weighted by Gasteiger charge is -2.19. The summed E-state index contributed by atoms with van der Waals surface area (Å²) in [6.45, 7) is 5.91. The van der Waals surface area contributed by atoms with E-state index in [-0.39, 0.29) is 11.8 Å². The molecule has 0 heterocycles. The topological polar surface area (TPSA) is 52.6 Å². The largest absolute Gasteiger partial charge is 0.337 e. The van der Waals surface area contributed by atoms with Gasteiger partial charge in [0.15, 0.2) is 12.0 Å². The van der Waals surface area contributed by atoms with Gasteiger partial charge in [-0.2, -0.15) is 0 Å². The van der Waals surface area contributed by atoms with Crippen molar-refractivity contribution in [1.82, 2.24) is 0 Å². The summed E-state index contributed by atoms with van der Waals surface area (Å²) in [5.41, 5.74) is -0.0309. The second-order valence-corrected chi connectivity index (χ2v) is 7.44. The number of hydrogen-bond acceptors (Lipinski definition) is 4. The summed E-state index contributed by atoms with van der Waals surface area (Å²) in [6, 6.07) is 0. The van der Waals surface area contributed by atoms with Crippen LogP contribution in [0.4, 0.5) is 4.39 Å². The Kier molecular flexibility index (Phi) is 6.52. The molecule has 0 aliphatic rings. The molecule has 0 spiro atoms. The minimum Gasteiger partial charge on any atom is -0.312 e. The number of carbonyl (C=O) groups is 1. The molecule has 0 bridgehead atoms. The Hall–Kier alpha value is -0.250. The molecule has 0 aromatic carbocycles. The molecule has 0 aromatic heterocycles. The first kappa shape index (κ1) is 16.8. The van der Waals surface area contributed by atoms with E-state index >= 15 is 0 Å². The van der Waals surface area contributed by atoms with Gasteiger partial charge in [-0.1, -0.05) is 20.8 Å². The summed E-state index contributed by atoms with van der Waals surface area (Å²) in [4.78, 5) is 11.5. The van der Waals surface area contributed by atoms with Gasteiger partial charge in [0.05, 0.1) is 0 Å². The Balaban J connectivity index is 4.28. The van der Waals surface area contributed by atoms with Crippen molar-refractivity contribution in [2.75, 3.05) is 20.4 Å². The zero-order valence-electron chi connectivity index (χ0n) is 11.2. The first-order chi connectivity index (χ1) is 7.63. The van der Waals surface area contributed by atoms with Gasteiger partial charge in [-0.3, -0.25) is 9.36 Å². The third-order valence-electron chi connectivity index (χ3n) is 2.40. The van der Waals surface area contributed by atoms with Crippen LogP contribution in [-0.4, -0.2) is 32.3 Å². The third-order valence-corrected chi connectivity index (χ3v) is 4.21. The Morgan fingerprint density at radius 3 is 2.12 bits per heavy atom. The van der Waals surface area contributed by atoms with E-state index in [1.807, 2.05) is 20.8 Å². The van der Waals surface area contributed by atoms with Crippen molar-refractivity contribution >= 4 is 13.4 Å². The average molecular weight is 268 g/mol. The maximum Gasteiger partial charge on any atom is 0.337 e. The van der Waals surface area contributed by atoms with Crippen LogP contribution in [0.5, 0.6) is 0 Å². The van der Waals surface area contributed by atoms with Gasteiger partial charge in [0, 0.05) is 14.2 Å². The van der Waals surface area contributed by atoms with Crippen molar-refractivity contribution in [3.05, 3.63) is 0 Å². The van der Waals surface area contributed by atoms with Gasteiger partial charge < -0.3 is 9.05 Å². The molecule has 0 N–H and O–H groups in total. The standard InChI is InChI=1S/C11H22FO4P/c1-11(2,3)7-6-9(12)10(13)8-17(14,15-4)16-5/h9H,6-8H2,1-5H3. The number of ketones is 1. The molecular weight excluding hydrogens is 246 g/mol. The van der Waals surface area contributed by atoms with Crippen molar-refractivity contribution in [2.24, 2.45) is 5.41 Å². The van der Waals surface area contributed by atoms with Crippen LogP contribution in [0, 0.1) is 5.41 Å². The Morgan fingerprint density at radius 2 is 1.76 bits per heavy atom. The predicted molar refractivity (Wildman–Crippen MR) is 65.1 cm³/mol. The number of carbonyl (C=O) groups excluding carboxylic acids is 1. The van der Waals surface area contributed by atoms with E-state index in [2.05, 4.69) is 9.05 Å². The quantitative estimate of drug-likeness (QED) is 0.665. The normalized spacial score (nSPS) is 14.7. The second kappa shape index (κ2) is 6.62. The highest BCUT2D eigenvalue weighted by atomic mass is 31.2. The van der Waals surface area contributed by atoms with Crippen LogP contribution in [0.1, 0.15) is 33.6 Å². The fourth-order valence-corrected chi connectivity index (χ4v) is 2.20. The first-order valence-electron chi connectivity index (χ1n) is 5.51. The van der Waals surface area contributed by atoms with E-state index in [1.165, 1.54) is 14.2 Å². The molecular formula is C11H22FO4P. The van der Waals surface area contributed by atoms with Gasteiger partial charge in [-0.15, -0.1) is 0 Å². The van der Waals surface area contributed by atoms with Crippen LogP contribution < -0.4 is 0 Å². The molecule has 0 saturated heterocycles. The molecule has 1 unspecified atom stereocenters. The fraction of sp³-hybridized carbons (Fsp3) is 0.909. The van der Waals surface area contributed by atoms with Gasteiger partial charge >= 0.3 is 7.60 Å². The first-order valence-corrected chi connectivity index (χ1v) is 7.23. The molecule has 0 rings (SSSR count). The van der Waals surface area contributed by atoms with E-state index in [9.17, 15) is 13.8 Å². The number of alkyl halides is 1. The van der Waals surface area contributed by atoms with Crippen molar-refractivity contribution in [3.63, 3.8) is 0 Å². The monoisotopic (exact) mass is 268 g/mol. The van der Waals surface area contributed by atoms with E-state index in [4.69, 9.17) is 0 Å². The molecule has 0 aliphatic carbocycles. The second-order valence-electron chi connectivity index (χ2n) is 5.17. The summed E-state index contributed by atoms with van der Waals surface area (Å²) >= 11 is 0. The molecule has 17 heavy (non-hydrogen) atoms. The molecule has 0 radical (unpaired) electrons. The number of hydrogen-bond donors (Lipinski definition) is 0. The van der Waals surface area contributed by atoms with E-state index in [0.717, 1.165) is 0 Å². The van der Waals surface area contributed by atoms with Crippen molar-refractivity contribution < 1.29 is 22.8 Å². The van der Waals surface area contributed by atoms with Gasteiger partial charge in [0.1, 0.15) is 6.16 Å². The van der Waals surface area contributed by atoms with Crippen molar-refractivity contribution in [3.8, 4) is 0 Å². The third kappa shape index (κ3) is 6.92. The maximum absolute atomic E-state index is 13.5. The molecule has 102 valence electrons. The zero-order valence-corrected chi connectivity index (χ0v) is 12.1. The Morgan fingerprint density at radius 1 is 1.29 bits per heavy atom. The van der Waals surface area contributed by atoms with E-state index in [0.29, 0.717) is 6.42 Å². The minimum absolute atomic E-state index is 0.0309. The molecule has 0 aliphatic heterocycles. The summed E-state index contributed by atoms with van der Waals surface area (Å²) < 4.78 is 34.4. The maximum atomic E-state index is 13.5. The van der Waals surface area contributed by atoms with Crippen molar-refractivity contribution in [1.29, 1.82) is 0 Å². The molecule has 4 nitrogen and oxygen atoms in total. The van der Waals surface area contributed by atoms with Gasteiger partial charge in [0.2, 0.25) is 0 Å². The van der Waals surface area contributed by atoms with Crippen LogP contribution in [0.15, 0.2) is 0 Å². The van der Waals surface area contributed by atoms with Crippen molar-refractivity contribution in [2.45, 2.75) is 39.8 Å². The number of halogens is 1. The van der Waals surface area contributed by atoms with E-state index in [1.54, 1.807) is 0 Å². The number of Topliss-reactive ketones (excluding diaryl/α,β-unsaturated/α-hetero) is 1. The Labute approximate surface area is 102 Å². The highest BCUT2D eigenvalue weighted by Gasteiger charge is 2.30. The molecule has 0 fully saturated rings. The zero-order chi connectivity index (χ0) is 13.7. The minimum atomic E-state index is -3.45. The highest BCUT2D eigenvalue weighted by Crippen LogP contribution is 2.46. The molecule has 0 aromatic rings. The lowest BCUT2D eigenvalue weighted by Crippen LogP contribution is -2.22. The van der Waals surface area contributed by atoms with Gasteiger partial charge in [-0.25, -0.2) is 4.39 Å². The van der Waals surface area contributed by atoms with Crippen LogP contribution in [-0.2, 0) is 18.4 Å². The Bertz CT molecular complexity index is 290. The molecule has 0 saturated carbocycles. The van der Waals surface area contributed by atoms with Crippen LogP contribution >= 0.6 is 7.60 Å². The van der Waals surface area contributed by atoms with Crippen LogP contribution in [0.3, 0.4) is 0 Å². The summed E-state index contributed by atoms with van der Waals surface area (Å²) in [5, 5.41) is 0. The number of rotatable bonds is 7. The summed E-state index contributed by atoms with van der Waals surface area (Å²) in [7, 11) is -1.08. The SMILES string of the molecule is COP(=O)(CC(=O)C(F)CCC(C)(C)C)OC. The van der Waals surface area contributed by atoms with Crippen LogP contribution in [0.25, 0.3) is 0 Å². The summed E-state index contributed by atoms with van der Waals surface area (Å²) in [6.07, 6.45) is -1.39. The van der Waals surface area contributed by atoms with E-state index < -0.39 is 25.7 Å². The molecule has 0 amide bonds. The summed E-state index contributed by atoms with van der Waals surface area (Å²) in [5.74, 6) is -0.721. The predicted octanol–water partition coefficient (Wildman–Crippen LogP) is 3.21. The smallest absolute Gasteiger partial charge is 0.312 e. The fourth-order valence-electron chi connectivity index (χ4n) is 1.21. The van der Waals surface area contributed by atoms with Gasteiger partial charge in [-0.05, 0) is 18.3 Å². The molecule has 6 heteroatoms. The molecule has 1 atom stereocenters. The lowest BCUT2D eigenvalue weighted by atomic mass is 9.89. The highest BCUT2D eigenvalue weighted by molar-refractivity contribution is 7.54. The lowest BCUT2D eigenvalue weighted by molar-refractivity contribution is -0.121. The van der Waals surface area contributed by atoms with Crippen LogP contribution in [0.2, 0.25) is 0 Å². The average Bonchev–Trinajstić information content (AvgIpc) is 2.24. The van der Waals surface area contributed by atoms with Gasteiger partial charge in [0.25, 0.3) is 0 Å².